The number of rotatable bonds is 6. The van der Waals surface area contributed by atoms with Crippen molar-refractivity contribution in [3.05, 3.63) is 83.4 Å². The van der Waals surface area contributed by atoms with Crippen LogP contribution in [0.5, 0.6) is 0 Å². The average molecular weight is 359 g/mol. The van der Waals surface area contributed by atoms with Crippen LogP contribution in [-0.4, -0.2) is 22.1 Å². The summed E-state index contributed by atoms with van der Waals surface area (Å²) in [4.78, 5) is 8.93. The number of guanidine groups is 1. The number of aryl methyl sites for hydroxylation is 2. The molecule has 0 saturated carbocycles. The highest BCUT2D eigenvalue weighted by molar-refractivity contribution is 5.92. The van der Waals surface area contributed by atoms with Gasteiger partial charge in [0.2, 0.25) is 0 Å². The average Bonchev–Trinajstić information content (AvgIpc) is 3.32. The Balaban J connectivity index is 1.33. The molecule has 2 aromatic carbocycles. The highest BCUT2D eigenvalue weighted by atomic mass is 15.1. The molecule has 0 atom stereocenters. The lowest BCUT2D eigenvalue weighted by Gasteiger charge is -2.09. The number of nitrogens with two attached hydrogens (primary N) is 1. The fourth-order valence-corrected chi connectivity index (χ4v) is 3.61. The Morgan fingerprint density at radius 3 is 2.85 bits per heavy atom. The molecule has 138 valence electrons. The van der Waals surface area contributed by atoms with E-state index in [1.54, 1.807) is 0 Å². The summed E-state index contributed by atoms with van der Waals surface area (Å²) in [6.45, 7) is 1.43. The van der Waals surface area contributed by atoms with Gasteiger partial charge in [-0.15, -0.1) is 0 Å². The number of hydrogen-bond acceptors (Lipinski definition) is 2. The number of imidazole rings is 1. The van der Waals surface area contributed by atoms with Crippen LogP contribution in [0.25, 0.3) is 0 Å². The van der Waals surface area contributed by atoms with Crippen LogP contribution in [-0.2, 0) is 25.8 Å². The molecular weight excluding hydrogens is 334 g/mol. The largest absolute Gasteiger partial charge is 0.370 e. The first-order chi connectivity index (χ1) is 13.3. The maximum atomic E-state index is 6.06. The second kappa shape index (κ2) is 8.08. The molecule has 0 saturated heterocycles. The Hall–Kier alpha value is -3.08. The Kier molecular flexibility index (Phi) is 5.19. The van der Waals surface area contributed by atoms with Crippen LogP contribution >= 0.6 is 0 Å². The molecule has 3 N–H and O–H groups in total. The maximum Gasteiger partial charge on any atom is 0.193 e. The van der Waals surface area contributed by atoms with Gasteiger partial charge in [-0.2, -0.15) is 0 Å². The molecule has 0 amide bonds. The zero-order chi connectivity index (χ0) is 18.5. The van der Waals surface area contributed by atoms with Crippen molar-refractivity contribution in [2.45, 2.75) is 32.2 Å². The van der Waals surface area contributed by atoms with Gasteiger partial charge in [0.05, 0.1) is 0 Å². The molecule has 0 spiro atoms. The molecule has 0 radical (unpaired) electrons. The SMILES string of the molecule is NC(=NCCc1nccn1Cc1ccccc1)Nc1ccc2c(c1)CCC2. The summed E-state index contributed by atoms with van der Waals surface area (Å²) in [6, 6.07) is 16.9. The molecule has 1 aliphatic carbocycles. The van der Waals surface area contributed by atoms with Gasteiger partial charge >= 0.3 is 0 Å². The van der Waals surface area contributed by atoms with E-state index >= 15 is 0 Å². The molecule has 1 aliphatic rings. The monoisotopic (exact) mass is 359 g/mol. The summed E-state index contributed by atoms with van der Waals surface area (Å²) in [7, 11) is 0. The first kappa shape index (κ1) is 17.3. The van der Waals surface area contributed by atoms with Crippen molar-refractivity contribution in [2.24, 2.45) is 10.7 Å². The van der Waals surface area contributed by atoms with Gasteiger partial charge < -0.3 is 15.6 Å². The fourth-order valence-electron chi connectivity index (χ4n) is 3.61. The van der Waals surface area contributed by atoms with Crippen molar-refractivity contribution in [3.8, 4) is 0 Å². The molecule has 1 aromatic heterocycles. The number of benzene rings is 2. The molecule has 27 heavy (non-hydrogen) atoms. The summed E-state index contributed by atoms with van der Waals surface area (Å²) in [5.74, 6) is 1.47. The lowest BCUT2D eigenvalue weighted by molar-refractivity contribution is 0.716. The zero-order valence-corrected chi connectivity index (χ0v) is 15.4. The number of nitrogens with zero attached hydrogens (tertiary/aromatic N) is 3. The van der Waals surface area contributed by atoms with Crippen molar-refractivity contribution < 1.29 is 0 Å². The summed E-state index contributed by atoms with van der Waals surface area (Å²) >= 11 is 0. The van der Waals surface area contributed by atoms with Crippen LogP contribution < -0.4 is 11.1 Å². The molecule has 3 aromatic rings. The number of nitrogens with one attached hydrogen (secondary N) is 1. The Morgan fingerprint density at radius 1 is 1.11 bits per heavy atom. The van der Waals surface area contributed by atoms with Crippen molar-refractivity contribution in [1.29, 1.82) is 0 Å². The minimum atomic E-state index is 0.453. The molecule has 0 bridgehead atoms. The van der Waals surface area contributed by atoms with Gasteiger partial charge in [-0.25, -0.2) is 4.98 Å². The van der Waals surface area contributed by atoms with E-state index in [9.17, 15) is 0 Å². The number of anilines is 1. The second-order valence-corrected chi connectivity index (χ2v) is 6.94. The summed E-state index contributed by atoms with van der Waals surface area (Å²) in [5.41, 5.74) is 11.2. The van der Waals surface area contributed by atoms with Gasteiger partial charge in [-0.05, 0) is 48.1 Å². The van der Waals surface area contributed by atoms with Gasteiger partial charge in [-0.3, -0.25) is 4.99 Å². The first-order valence-electron chi connectivity index (χ1n) is 9.50. The third kappa shape index (κ3) is 4.37. The summed E-state index contributed by atoms with van der Waals surface area (Å²) < 4.78 is 2.16. The van der Waals surface area contributed by atoms with E-state index < -0.39 is 0 Å². The lowest BCUT2D eigenvalue weighted by atomic mass is 10.1. The Labute approximate surface area is 160 Å². The molecule has 0 fully saturated rings. The topological polar surface area (TPSA) is 68.2 Å². The van der Waals surface area contributed by atoms with E-state index in [4.69, 9.17) is 5.73 Å². The molecule has 0 unspecified atom stereocenters. The molecule has 4 rings (SSSR count). The predicted octanol–water partition coefficient (Wildman–Crippen LogP) is 3.39. The molecule has 5 heteroatoms. The number of aromatic nitrogens is 2. The number of hydrogen-bond donors (Lipinski definition) is 2. The van der Waals surface area contributed by atoms with Crippen LogP contribution in [0.15, 0.2) is 65.9 Å². The van der Waals surface area contributed by atoms with E-state index in [2.05, 4.69) is 62.3 Å². The summed E-state index contributed by atoms with van der Waals surface area (Å²) in [6.07, 6.45) is 8.21. The van der Waals surface area contributed by atoms with Crippen LogP contribution in [0.4, 0.5) is 5.69 Å². The lowest BCUT2D eigenvalue weighted by Crippen LogP contribution is -2.23. The quantitative estimate of drug-likeness (QED) is 0.524. The molecule has 5 nitrogen and oxygen atoms in total. The fraction of sp³-hybridized carbons (Fsp3) is 0.273. The van der Waals surface area contributed by atoms with Crippen LogP contribution in [0, 0.1) is 0 Å². The van der Waals surface area contributed by atoms with Crippen molar-refractivity contribution >= 4 is 11.6 Å². The molecule has 1 heterocycles. The van der Waals surface area contributed by atoms with Gasteiger partial charge in [0, 0.05) is 37.6 Å². The Bertz CT molecular complexity index is 927. The van der Waals surface area contributed by atoms with Gasteiger partial charge in [-0.1, -0.05) is 36.4 Å². The standard InChI is InChI=1S/C22H25N5/c23-22(26-20-10-9-18-7-4-8-19(18)15-20)25-12-11-21-24-13-14-27(21)16-17-5-2-1-3-6-17/h1-3,5-6,9-10,13-15H,4,7-8,11-12,16H2,(H3,23,25,26). The van der Waals surface area contributed by atoms with Crippen molar-refractivity contribution in [1.82, 2.24) is 9.55 Å². The van der Waals surface area contributed by atoms with Gasteiger partial charge in [0.25, 0.3) is 0 Å². The van der Waals surface area contributed by atoms with Gasteiger partial charge in [0.1, 0.15) is 5.82 Å². The normalized spacial score (nSPS) is 13.6. The third-order valence-electron chi connectivity index (χ3n) is 4.99. The first-order valence-corrected chi connectivity index (χ1v) is 9.50. The minimum absolute atomic E-state index is 0.453. The smallest absolute Gasteiger partial charge is 0.193 e. The van der Waals surface area contributed by atoms with Crippen LogP contribution in [0.2, 0.25) is 0 Å². The van der Waals surface area contributed by atoms with Crippen LogP contribution in [0.3, 0.4) is 0 Å². The third-order valence-corrected chi connectivity index (χ3v) is 4.99. The minimum Gasteiger partial charge on any atom is -0.370 e. The maximum absolute atomic E-state index is 6.06. The molecule has 0 aliphatic heterocycles. The van der Waals surface area contributed by atoms with E-state index in [0.29, 0.717) is 12.5 Å². The predicted molar refractivity (Wildman–Crippen MR) is 110 cm³/mol. The van der Waals surface area contributed by atoms with E-state index in [-0.39, 0.29) is 0 Å². The highest BCUT2D eigenvalue weighted by Gasteiger charge is 2.11. The van der Waals surface area contributed by atoms with Gasteiger partial charge in [0.15, 0.2) is 5.96 Å². The van der Waals surface area contributed by atoms with E-state index in [1.165, 1.54) is 29.5 Å². The van der Waals surface area contributed by atoms with Crippen molar-refractivity contribution in [2.75, 3.05) is 11.9 Å². The Morgan fingerprint density at radius 2 is 1.96 bits per heavy atom. The zero-order valence-electron chi connectivity index (χ0n) is 15.4. The number of aliphatic imine (C=N–C) groups is 1. The van der Waals surface area contributed by atoms with E-state index in [1.807, 2.05) is 18.5 Å². The molecular formula is C22H25N5. The second-order valence-electron chi connectivity index (χ2n) is 6.94. The highest BCUT2D eigenvalue weighted by Crippen LogP contribution is 2.24. The van der Waals surface area contributed by atoms with E-state index in [0.717, 1.165) is 30.9 Å². The van der Waals surface area contributed by atoms with Crippen LogP contribution in [0.1, 0.15) is 28.9 Å². The summed E-state index contributed by atoms with van der Waals surface area (Å²) in [5, 5.41) is 3.21. The number of fused-ring (bicyclic) bond motifs is 1. The van der Waals surface area contributed by atoms with Crippen molar-refractivity contribution in [3.63, 3.8) is 0 Å².